The first-order chi connectivity index (χ1) is 12.8. The zero-order chi connectivity index (χ0) is 20.0. The number of esters is 1. The highest BCUT2D eigenvalue weighted by molar-refractivity contribution is 5.81. The van der Waals surface area contributed by atoms with Crippen LogP contribution in [0.2, 0.25) is 0 Å². The molecule has 1 aliphatic heterocycles. The third-order valence-corrected chi connectivity index (χ3v) is 4.64. The predicted molar refractivity (Wildman–Crippen MR) is 92.1 cm³/mol. The van der Waals surface area contributed by atoms with Gasteiger partial charge in [-0.15, -0.1) is 0 Å². The van der Waals surface area contributed by atoms with Crippen LogP contribution < -0.4 is 5.32 Å². The highest BCUT2D eigenvalue weighted by Crippen LogP contribution is 2.30. The van der Waals surface area contributed by atoms with Crippen molar-refractivity contribution in [1.82, 2.24) is 4.90 Å². The Balaban J connectivity index is 1.85. The van der Waals surface area contributed by atoms with Gasteiger partial charge in [0, 0.05) is 25.9 Å². The summed E-state index contributed by atoms with van der Waals surface area (Å²) in [6.45, 7) is 0.798. The molecule has 0 saturated carbocycles. The first-order valence-corrected chi connectivity index (χ1v) is 8.55. The first kappa shape index (κ1) is 21.0. The normalized spacial score (nSPS) is 16.7. The Morgan fingerprint density at radius 3 is 2.48 bits per heavy atom. The number of methoxy groups -OCH3 is 2. The molecule has 0 aromatic heterocycles. The second-order valence-electron chi connectivity index (χ2n) is 6.33. The Bertz CT molecular complexity index is 658. The molecule has 1 heterocycles. The van der Waals surface area contributed by atoms with Crippen molar-refractivity contribution < 1.29 is 32.2 Å². The minimum Gasteiger partial charge on any atom is -0.467 e. The molecule has 1 aromatic rings. The van der Waals surface area contributed by atoms with Gasteiger partial charge in [-0.05, 0) is 37.0 Å². The summed E-state index contributed by atoms with van der Waals surface area (Å²) in [6, 6.07) is 4.72. The summed E-state index contributed by atoms with van der Waals surface area (Å²) < 4.78 is 48.1. The maximum Gasteiger partial charge on any atom is 0.416 e. The Hall–Kier alpha value is -2.29. The molecule has 0 radical (unpaired) electrons. The minimum atomic E-state index is -4.43. The lowest BCUT2D eigenvalue weighted by molar-refractivity contribution is -0.157. The SMILES string of the molecule is COC(=O)C(OC)C1CCN(C(=O)CNc2cccc(C(F)(F)F)c2)CC1. The maximum atomic E-state index is 12.7. The lowest BCUT2D eigenvalue weighted by Gasteiger charge is -2.34. The van der Waals surface area contributed by atoms with Crippen LogP contribution in [0, 0.1) is 5.92 Å². The number of hydrogen-bond acceptors (Lipinski definition) is 5. The lowest BCUT2D eigenvalue weighted by atomic mass is 9.91. The lowest BCUT2D eigenvalue weighted by Crippen LogP contribution is -2.45. The molecule has 1 atom stereocenters. The Morgan fingerprint density at radius 1 is 1.26 bits per heavy atom. The second-order valence-corrected chi connectivity index (χ2v) is 6.33. The van der Waals surface area contributed by atoms with Crippen molar-refractivity contribution in [3.8, 4) is 0 Å². The average Bonchev–Trinajstić information content (AvgIpc) is 2.66. The number of alkyl halides is 3. The fourth-order valence-corrected chi connectivity index (χ4v) is 3.14. The quantitative estimate of drug-likeness (QED) is 0.759. The number of benzene rings is 1. The molecule has 1 amide bonds. The van der Waals surface area contributed by atoms with Crippen LogP contribution in [0.25, 0.3) is 0 Å². The van der Waals surface area contributed by atoms with Gasteiger partial charge in [-0.25, -0.2) is 4.79 Å². The number of piperidine rings is 1. The van der Waals surface area contributed by atoms with Crippen LogP contribution in [0.1, 0.15) is 18.4 Å². The third kappa shape index (κ3) is 5.59. The van der Waals surface area contributed by atoms with E-state index in [1.165, 1.54) is 26.4 Å². The maximum absolute atomic E-state index is 12.7. The fourth-order valence-electron chi connectivity index (χ4n) is 3.14. The number of amides is 1. The van der Waals surface area contributed by atoms with Crippen LogP contribution in [-0.4, -0.2) is 56.7 Å². The Labute approximate surface area is 155 Å². The van der Waals surface area contributed by atoms with Crippen LogP contribution in [0.5, 0.6) is 0 Å². The van der Waals surface area contributed by atoms with E-state index in [4.69, 9.17) is 9.47 Å². The monoisotopic (exact) mass is 388 g/mol. The molecular weight excluding hydrogens is 365 g/mol. The minimum absolute atomic E-state index is 0.0390. The molecule has 1 saturated heterocycles. The standard InChI is InChI=1S/C18H23F3N2O4/c1-26-16(17(25)27-2)12-6-8-23(9-7-12)15(24)11-22-14-5-3-4-13(10-14)18(19,20)21/h3-5,10,12,16,22H,6-9,11H2,1-2H3. The topological polar surface area (TPSA) is 67.9 Å². The van der Waals surface area contributed by atoms with Crippen LogP contribution in [-0.2, 0) is 25.2 Å². The van der Waals surface area contributed by atoms with Crippen LogP contribution in [0.3, 0.4) is 0 Å². The molecule has 27 heavy (non-hydrogen) atoms. The molecule has 1 aromatic carbocycles. The van der Waals surface area contributed by atoms with Crippen molar-refractivity contribution in [2.24, 2.45) is 5.92 Å². The number of halogens is 3. The van der Waals surface area contributed by atoms with Crippen LogP contribution >= 0.6 is 0 Å². The summed E-state index contributed by atoms with van der Waals surface area (Å²) in [5, 5.41) is 2.74. The largest absolute Gasteiger partial charge is 0.467 e. The number of hydrogen-bond donors (Lipinski definition) is 1. The molecule has 0 aliphatic carbocycles. The number of ether oxygens (including phenoxy) is 2. The van der Waals surface area contributed by atoms with E-state index in [1.807, 2.05) is 0 Å². The molecule has 1 unspecified atom stereocenters. The van der Waals surface area contributed by atoms with E-state index in [-0.39, 0.29) is 24.1 Å². The van der Waals surface area contributed by atoms with Gasteiger partial charge in [-0.1, -0.05) is 6.07 Å². The van der Waals surface area contributed by atoms with E-state index in [1.54, 1.807) is 4.90 Å². The van der Waals surface area contributed by atoms with Gasteiger partial charge in [0.25, 0.3) is 0 Å². The van der Waals surface area contributed by atoms with Gasteiger partial charge in [0.2, 0.25) is 5.91 Å². The van der Waals surface area contributed by atoms with E-state index >= 15 is 0 Å². The van der Waals surface area contributed by atoms with E-state index in [0.29, 0.717) is 25.9 Å². The number of nitrogens with one attached hydrogen (secondary N) is 1. The molecule has 150 valence electrons. The average molecular weight is 388 g/mol. The van der Waals surface area contributed by atoms with Gasteiger partial charge in [0.05, 0.1) is 19.2 Å². The Morgan fingerprint density at radius 2 is 1.93 bits per heavy atom. The third-order valence-electron chi connectivity index (χ3n) is 4.64. The molecule has 1 aliphatic rings. The highest BCUT2D eigenvalue weighted by Gasteiger charge is 2.33. The van der Waals surface area contributed by atoms with Crippen molar-refractivity contribution in [1.29, 1.82) is 0 Å². The van der Waals surface area contributed by atoms with Gasteiger partial charge < -0.3 is 19.7 Å². The van der Waals surface area contributed by atoms with Crippen molar-refractivity contribution >= 4 is 17.6 Å². The second kappa shape index (κ2) is 9.07. The Kier molecular flexibility index (Phi) is 7.06. The highest BCUT2D eigenvalue weighted by atomic mass is 19.4. The molecule has 0 spiro atoms. The number of nitrogens with zero attached hydrogens (tertiary/aromatic N) is 1. The molecule has 1 fully saturated rings. The molecule has 9 heteroatoms. The van der Waals surface area contributed by atoms with Crippen LogP contribution in [0.4, 0.5) is 18.9 Å². The van der Waals surface area contributed by atoms with E-state index in [0.717, 1.165) is 12.1 Å². The predicted octanol–water partition coefficient (Wildman–Crippen LogP) is 2.54. The summed E-state index contributed by atoms with van der Waals surface area (Å²) >= 11 is 0. The van der Waals surface area contributed by atoms with Gasteiger partial charge in [-0.2, -0.15) is 13.2 Å². The number of likely N-dealkylation sites (tertiary alicyclic amines) is 1. The van der Waals surface area contributed by atoms with Crippen molar-refractivity contribution in [3.05, 3.63) is 29.8 Å². The number of rotatable bonds is 6. The zero-order valence-corrected chi connectivity index (χ0v) is 15.2. The summed E-state index contributed by atoms with van der Waals surface area (Å²) in [4.78, 5) is 25.6. The fraction of sp³-hybridized carbons (Fsp3) is 0.556. The van der Waals surface area contributed by atoms with Gasteiger partial charge in [-0.3, -0.25) is 4.79 Å². The van der Waals surface area contributed by atoms with Crippen molar-refractivity contribution in [2.45, 2.75) is 25.1 Å². The molecular formula is C18H23F3N2O4. The smallest absolute Gasteiger partial charge is 0.416 e. The van der Waals surface area contributed by atoms with Gasteiger partial charge in [0.15, 0.2) is 6.10 Å². The van der Waals surface area contributed by atoms with E-state index in [2.05, 4.69) is 5.32 Å². The molecule has 6 nitrogen and oxygen atoms in total. The summed E-state index contributed by atoms with van der Waals surface area (Å²) in [7, 11) is 2.74. The van der Waals surface area contributed by atoms with Crippen molar-refractivity contribution in [2.75, 3.05) is 39.2 Å². The van der Waals surface area contributed by atoms with Crippen molar-refractivity contribution in [3.63, 3.8) is 0 Å². The number of carbonyl (C=O) groups excluding carboxylic acids is 2. The summed E-state index contributed by atoms with van der Waals surface area (Å²) in [6.07, 6.45) is -3.91. The van der Waals surface area contributed by atoms with Gasteiger partial charge >= 0.3 is 12.1 Å². The van der Waals surface area contributed by atoms with E-state index < -0.39 is 23.8 Å². The van der Waals surface area contributed by atoms with E-state index in [9.17, 15) is 22.8 Å². The number of anilines is 1. The molecule has 0 bridgehead atoms. The van der Waals surface area contributed by atoms with Crippen LogP contribution in [0.15, 0.2) is 24.3 Å². The zero-order valence-electron chi connectivity index (χ0n) is 15.2. The first-order valence-electron chi connectivity index (χ1n) is 8.55. The van der Waals surface area contributed by atoms with Gasteiger partial charge in [0.1, 0.15) is 0 Å². The molecule has 1 N–H and O–H groups in total. The summed E-state index contributed by atoms with van der Waals surface area (Å²) in [5.41, 5.74) is -0.535. The summed E-state index contributed by atoms with van der Waals surface area (Å²) in [5.74, 6) is -0.686. The number of carbonyl (C=O) groups is 2. The molecule has 2 rings (SSSR count).